The maximum absolute atomic E-state index is 15.2. The number of hydrogen-bond donors (Lipinski definition) is 3. The highest BCUT2D eigenvalue weighted by Gasteiger charge is 2.24. The van der Waals surface area contributed by atoms with Crippen molar-refractivity contribution in [1.29, 1.82) is 0 Å². The number of carbonyl (C=O) groups excluding carboxylic acids is 1. The van der Waals surface area contributed by atoms with E-state index in [4.69, 9.17) is 9.94 Å². The van der Waals surface area contributed by atoms with E-state index in [1.165, 1.54) is 18.2 Å². The van der Waals surface area contributed by atoms with Gasteiger partial charge in [-0.2, -0.15) is 0 Å². The zero-order valence-corrected chi connectivity index (χ0v) is 16.8. The summed E-state index contributed by atoms with van der Waals surface area (Å²) < 4.78 is 29.9. The lowest BCUT2D eigenvalue weighted by atomic mass is 10.1. The predicted octanol–water partition coefficient (Wildman–Crippen LogP) is 3.52. The highest BCUT2D eigenvalue weighted by Crippen LogP contribution is 2.39. The second kappa shape index (κ2) is 9.58. The fraction of sp³-hybridized carbons (Fsp3) is 0.222. The van der Waals surface area contributed by atoms with Crippen LogP contribution < -0.4 is 15.7 Å². The van der Waals surface area contributed by atoms with E-state index in [-0.39, 0.29) is 35.8 Å². The number of nitrogens with one attached hydrogen (secondary N) is 2. The molecule has 0 aliphatic carbocycles. The first-order valence-electron chi connectivity index (χ1n) is 8.05. The van der Waals surface area contributed by atoms with Gasteiger partial charge in [-0.25, -0.2) is 14.3 Å². The standard InChI is InChI=1S/C18H19BrF2N4O3/c1-22-17-14(25(2)3)9-11(18(27)24-28-7-6-26)16(15(17)21)23-13-5-4-10(19)8-12(13)20/h4-5,8-9,23,26H,1,6-7H2,2-3H3,(H,24,27). The van der Waals surface area contributed by atoms with E-state index in [9.17, 15) is 9.18 Å². The molecule has 10 heteroatoms. The van der Waals surface area contributed by atoms with Gasteiger partial charge in [0.05, 0.1) is 35.8 Å². The zero-order valence-electron chi connectivity index (χ0n) is 15.2. The number of hydrogen-bond acceptors (Lipinski definition) is 6. The highest BCUT2D eigenvalue weighted by molar-refractivity contribution is 9.10. The number of aliphatic imine (C=N–C) groups is 1. The van der Waals surface area contributed by atoms with Crippen LogP contribution in [0.4, 0.5) is 31.5 Å². The average molecular weight is 457 g/mol. The van der Waals surface area contributed by atoms with Crippen molar-refractivity contribution in [2.24, 2.45) is 4.99 Å². The third-order valence-corrected chi connectivity index (χ3v) is 4.15. The van der Waals surface area contributed by atoms with Crippen LogP contribution in [0.5, 0.6) is 0 Å². The minimum absolute atomic E-state index is 0.0416. The third-order valence-electron chi connectivity index (χ3n) is 3.65. The van der Waals surface area contributed by atoms with Crippen LogP contribution in [-0.2, 0) is 4.84 Å². The van der Waals surface area contributed by atoms with Gasteiger partial charge in [-0.05, 0) is 31.0 Å². The number of aliphatic hydroxyl groups is 1. The van der Waals surface area contributed by atoms with E-state index in [2.05, 4.69) is 38.4 Å². The molecule has 2 aromatic carbocycles. The summed E-state index contributed by atoms with van der Waals surface area (Å²) in [5, 5.41) is 11.4. The molecule has 0 aromatic heterocycles. The normalized spacial score (nSPS) is 10.5. The molecule has 1 amide bonds. The summed E-state index contributed by atoms with van der Waals surface area (Å²) in [6.45, 7) is 2.91. The van der Waals surface area contributed by atoms with Gasteiger partial charge in [-0.3, -0.25) is 14.6 Å². The van der Waals surface area contributed by atoms with Gasteiger partial charge < -0.3 is 15.3 Å². The Bertz CT molecular complexity index is 894. The van der Waals surface area contributed by atoms with E-state index < -0.39 is 17.5 Å². The average Bonchev–Trinajstić information content (AvgIpc) is 2.64. The van der Waals surface area contributed by atoms with Crippen molar-refractivity contribution in [2.75, 3.05) is 37.5 Å². The summed E-state index contributed by atoms with van der Waals surface area (Å²) >= 11 is 3.15. The molecule has 0 aliphatic heterocycles. The summed E-state index contributed by atoms with van der Waals surface area (Å²) in [4.78, 5) is 22.6. The molecule has 0 saturated heterocycles. The first-order valence-corrected chi connectivity index (χ1v) is 8.85. The van der Waals surface area contributed by atoms with Crippen molar-refractivity contribution < 1.29 is 23.5 Å². The second-order valence-electron chi connectivity index (χ2n) is 5.79. The monoisotopic (exact) mass is 456 g/mol. The van der Waals surface area contributed by atoms with Crippen LogP contribution in [0, 0.1) is 11.6 Å². The van der Waals surface area contributed by atoms with Gasteiger partial charge in [0.1, 0.15) is 11.5 Å². The molecule has 0 saturated carbocycles. The van der Waals surface area contributed by atoms with Crippen molar-refractivity contribution in [3.05, 3.63) is 45.9 Å². The molecule has 0 heterocycles. The van der Waals surface area contributed by atoms with Crippen LogP contribution in [-0.4, -0.2) is 45.0 Å². The molecule has 0 aliphatic rings. The van der Waals surface area contributed by atoms with Crippen LogP contribution in [0.15, 0.2) is 33.7 Å². The Balaban J connectivity index is 2.59. The molecular weight excluding hydrogens is 438 g/mol. The van der Waals surface area contributed by atoms with E-state index in [1.54, 1.807) is 25.1 Å². The van der Waals surface area contributed by atoms with Crippen molar-refractivity contribution in [3.63, 3.8) is 0 Å². The molecule has 2 aromatic rings. The quantitative estimate of drug-likeness (QED) is 0.321. The molecule has 150 valence electrons. The zero-order chi connectivity index (χ0) is 20.8. The van der Waals surface area contributed by atoms with E-state index in [1.807, 2.05) is 0 Å². The molecule has 0 spiro atoms. The van der Waals surface area contributed by atoms with Gasteiger partial charge in [-0.15, -0.1) is 0 Å². The molecule has 0 unspecified atom stereocenters. The Morgan fingerprint density at radius 2 is 2.07 bits per heavy atom. The maximum atomic E-state index is 15.2. The van der Waals surface area contributed by atoms with E-state index >= 15 is 4.39 Å². The predicted molar refractivity (Wildman–Crippen MR) is 108 cm³/mol. The van der Waals surface area contributed by atoms with Crippen molar-refractivity contribution in [2.45, 2.75) is 0 Å². The van der Waals surface area contributed by atoms with Crippen LogP contribution >= 0.6 is 15.9 Å². The highest BCUT2D eigenvalue weighted by atomic mass is 79.9. The molecule has 0 bridgehead atoms. The number of anilines is 3. The van der Waals surface area contributed by atoms with Gasteiger partial charge in [0, 0.05) is 18.6 Å². The second-order valence-corrected chi connectivity index (χ2v) is 6.70. The van der Waals surface area contributed by atoms with Crippen LogP contribution in [0.3, 0.4) is 0 Å². The number of amides is 1. The maximum Gasteiger partial charge on any atom is 0.277 e. The van der Waals surface area contributed by atoms with E-state index in [0.29, 0.717) is 10.2 Å². The summed E-state index contributed by atoms with van der Waals surface area (Å²) in [5.41, 5.74) is 1.82. The number of nitrogens with zero attached hydrogens (tertiary/aromatic N) is 2. The fourth-order valence-corrected chi connectivity index (χ4v) is 2.69. The van der Waals surface area contributed by atoms with E-state index in [0.717, 1.165) is 0 Å². The fourth-order valence-electron chi connectivity index (χ4n) is 2.36. The first kappa shape index (κ1) is 21.7. The molecule has 28 heavy (non-hydrogen) atoms. The lowest BCUT2D eigenvalue weighted by molar-refractivity contribution is 0.0169. The topological polar surface area (TPSA) is 86.2 Å². The summed E-state index contributed by atoms with van der Waals surface area (Å²) in [6, 6.07) is 5.53. The molecule has 0 fully saturated rings. The number of benzene rings is 2. The van der Waals surface area contributed by atoms with Gasteiger partial charge in [0.25, 0.3) is 5.91 Å². The largest absolute Gasteiger partial charge is 0.394 e. The molecule has 3 N–H and O–H groups in total. The van der Waals surface area contributed by atoms with Crippen LogP contribution in [0.1, 0.15) is 10.4 Å². The Kier molecular flexibility index (Phi) is 7.44. The molecular formula is C18H19BrF2N4O3. The van der Waals surface area contributed by atoms with Gasteiger partial charge in [0.15, 0.2) is 5.82 Å². The van der Waals surface area contributed by atoms with Gasteiger partial charge in [-0.1, -0.05) is 15.9 Å². The lowest BCUT2D eigenvalue weighted by Crippen LogP contribution is -2.26. The van der Waals surface area contributed by atoms with Crippen molar-refractivity contribution in [3.8, 4) is 0 Å². The van der Waals surface area contributed by atoms with Crippen LogP contribution in [0.25, 0.3) is 0 Å². The number of carbonyl (C=O) groups is 1. The Hall–Kier alpha value is -2.56. The Morgan fingerprint density at radius 1 is 1.36 bits per heavy atom. The summed E-state index contributed by atoms with van der Waals surface area (Å²) in [7, 11) is 3.30. The third kappa shape index (κ3) is 4.83. The number of rotatable bonds is 8. The van der Waals surface area contributed by atoms with Crippen LogP contribution in [0.2, 0.25) is 0 Å². The smallest absolute Gasteiger partial charge is 0.277 e. The Morgan fingerprint density at radius 3 is 2.64 bits per heavy atom. The Labute approximate surface area is 169 Å². The molecule has 0 radical (unpaired) electrons. The van der Waals surface area contributed by atoms with Gasteiger partial charge >= 0.3 is 0 Å². The van der Waals surface area contributed by atoms with Crippen molar-refractivity contribution in [1.82, 2.24) is 5.48 Å². The minimum Gasteiger partial charge on any atom is -0.394 e. The SMILES string of the molecule is C=Nc1c(N(C)C)cc(C(=O)NOCCO)c(Nc2ccc(Br)cc2F)c1F. The lowest BCUT2D eigenvalue weighted by Gasteiger charge is -2.21. The summed E-state index contributed by atoms with van der Waals surface area (Å²) in [6.07, 6.45) is 0. The molecule has 0 atom stereocenters. The first-order chi connectivity index (χ1) is 13.3. The summed E-state index contributed by atoms with van der Waals surface area (Å²) in [5.74, 6) is -2.32. The van der Waals surface area contributed by atoms with Gasteiger partial charge in [0.2, 0.25) is 0 Å². The number of hydroxylamine groups is 1. The minimum atomic E-state index is -0.879. The number of halogens is 3. The number of aliphatic hydroxyl groups excluding tert-OH is 1. The molecule has 2 rings (SSSR count). The molecule has 7 nitrogen and oxygen atoms in total. The van der Waals surface area contributed by atoms with Crippen molar-refractivity contribution >= 4 is 51.3 Å².